The summed E-state index contributed by atoms with van der Waals surface area (Å²) in [5, 5.41) is 21.3. The predicted octanol–water partition coefficient (Wildman–Crippen LogP) is 1.04. The highest BCUT2D eigenvalue weighted by Crippen LogP contribution is 2.18. The lowest BCUT2D eigenvalue weighted by atomic mass is 9.94. The van der Waals surface area contributed by atoms with Crippen LogP contribution in [0, 0.1) is 0 Å². The van der Waals surface area contributed by atoms with Crippen LogP contribution in [0.25, 0.3) is 0 Å². The molecule has 0 unspecified atom stereocenters. The van der Waals surface area contributed by atoms with E-state index >= 15 is 0 Å². The molecule has 0 saturated heterocycles. The molecule has 84 valence electrons. The van der Waals surface area contributed by atoms with E-state index in [9.17, 15) is 0 Å². The van der Waals surface area contributed by atoms with Crippen molar-refractivity contribution in [3.05, 3.63) is 0 Å². The van der Waals surface area contributed by atoms with Gasteiger partial charge < -0.3 is 15.5 Å². The second kappa shape index (κ2) is 7.21. The molecule has 1 saturated carbocycles. The number of rotatable bonds is 6. The molecule has 3 heteroatoms. The van der Waals surface area contributed by atoms with Crippen LogP contribution in [0.2, 0.25) is 0 Å². The average molecular weight is 201 g/mol. The second-order valence-electron chi connectivity index (χ2n) is 4.22. The molecular formula is C11H23NO2. The van der Waals surface area contributed by atoms with E-state index in [-0.39, 0.29) is 13.2 Å². The van der Waals surface area contributed by atoms with Crippen LogP contribution in [-0.4, -0.2) is 35.5 Å². The summed E-state index contributed by atoms with van der Waals surface area (Å²) in [6, 6.07) is 0.917. The van der Waals surface area contributed by atoms with Gasteiger partial charge in [-0.3, -0.25) is 0 Å². The summed E-state index contributed by atoms with van der Waals surface area (Å²) in [7, 11) is 0. The second-order valence-corrected chi connectivity index (χ2v) is 4.22. The summed E-state index contributed by atoms with van der Waals surface area (Å²) in [5.41, 5.74) is 0. The molecule has 0 atom stereocenters. The van der Waals surface area contributed by atoms with Crippen LogP contribution in [0.3, 0.4) is 0 Å². The smallest absolute Gasteiger partial charge is 0.0445 e. The van der Waals surface area contributed by atoms with E-state index in [1.54, 1.807) is 0 Å². The summed E-state index contributed by atoms with van der Waals surface area (Å²) < 4.78 is 0. The molecular weight excluding hydrogens is 178 g/mol. The van der Waals surface area contributed by atoms with Crippen LogP contribution in [0.5, 0.6) is 0 Å². The van der Waals surface area contributed by atoms with Crippen LogP contribution < -0.4 is 5.32 Å². The summed E-state index contributed by atoms with van der Waals surface area (Å²) in [6.45, 7) is 0.425. The molecule has 1 rings (SSSR count). The van der Waals surface area contributed by atoms with Crippen LogP contribution >= 0.6 is 0 Å². The Balaban J connectivity index is 2.21. The van der Waals surface area contributed by atoms with E-state index in [0.717, 1.165) is 12.8 Å². The lowest BCUT2D eigenvalue weighted by Gasteiger charge is -2.28. The predicted molar refractivity (Wildman–Crippen MR) is 57.2 cm³/mol. The van der Waals surface area contributed by atoms with Crippen molar-refractivity contribution in [3.63, 3.8) is 0 Å². The van der Waals surface area contributed by atoms with E-state index < -0.39 is 0 Å². The van der Waals surface area contributed by atoms with E-state index in [1.807, 2.05) is 0 Å². The molecule has 0 heterocycles. The van der Waals surface area contributed by atoms with Crippen molar-refractivity contribution in [1.29, 1.82) is 0 Å². The molecule has 0 amide bonds. The molecule has 0 aromatic carbocycles. The maximum absolute atomic E-state index is 8.87. The summed E-state index contributed by atoms with van der Waals surface area (Å²) in [4.78, 5) is 0. The van der Waals surface area contributed by atoms with Crippen LogP contribution in [0.4, 0.5) is 0 Å². The molecule has 3 nitrogen and oxygen atoms in total. The molecule has 0 radical (unpaired) electrons. The van der Waals surface area contributed by atoms with Gasteiger partial charge in [0.05, 0.1) is 0 Å². The largest absolute Gasteiger partial charge is 0.396 e. The lowest BCUT2D eigenvalue weighted by molar-refractivity contribution is 0.211. The van der Waals surface area contributed by atoms with E-state index in [2.05, 4.69) is 5.32 Å². The Hall–Kier alpha value is -0.120. The Bertz CT molecular complexity index is 129. The van der Waals surface area contributed by atoms with Crippen LogP contribution in [-0.2, 0) is 0 Å². The van der Waals surface area contributed by atoms with Crippen molar-refractivity contribution >= 4 is 0 Å². The third kappa shape index (κ3) is 4.40. The van der Waals surface area contributed by atoms with Crippen molar-refractivity contribution in [1.82, 2.24) is 5.32 Å². The van der Waals surface area contributed by atoms with Crippen LogP contribution in [0.1, 0.15) is 44.9 Å². The maximum Gasteiger partial charge on any atom is 0.0445 e. The fourth-order valence-electron chi connectivity index (χ4n) is 2.23. The van der Waals surface area contributed by atoms with Gasteiger partial charge in [0.1, 0.15) is 0 Å². The molecule has 0 aromatic heterocycles. The molecule has 0 aliphatic heterocycles. The number of hydrogen-bond donors (Lipinski definition) is 3. The van der Waals surface area contributed by atoms with Crippen LogP contribution in [0.15, 0.2) is 0 Å². The summed E-state index contributed by atoms with van der Waals surface area (Å²) in [5.74, 6) is 0. The molecule has 0 bridgehead atoms. The number of aliphatic hydroxyl groups is 2. The van der Waals surface area contributed by atoms with Gasteiger partial charge in [-0.25, -0.2) is 0 Å². The van der Waals surface area contributed by atoms with Gasteiger partial charge >= 0.3 is 0 Å². The molecule has 1 fully saturated rings. The van der Waals surface area contributed by atoms with Gasteiger partial charge in [-0.2, -0.15) is 0 Å². The van der Waals surface area contributed by atoms with Gasteiger partial charge in [0.25, 0.3) is 0 Å². The SMILES string of the molecule is OCCC(CCO)NC1CCCCC1. The third-order valence-electron chi connectivity index (χ3n) is 3.03. The summed E-state index contributed by atoms with van der Waals surface area (Å²) >= 11 is 0. The highest BCUT2D eigenvalue weighted by atomic mass is 16.3. The Kier molecular flexibility index (Phi) is 6.15. The minimum absolute atomic E-state index is 0.213. The molecule has 14 heavy (non-hydrogen) atoms. The zero-order valence-corrected chi connectivity index (χ0v) is 8.91. The Morgan fingerprint density at radius 3 is 2.07 bits per heavy atom. The zero-order valence-electron chi connectivity index (χ0n) is 8.91. The fourth-order valence-corrected chi connectivity index (χ4v) is 2.23. The Morgan fingerprint density at radius 1 is 1.00 bits per heavy atom. The van der Waals surface area contributed by atoms with Crippen molar-refractivity contribution in [2.75, 3.05) is 13.2 Å². The van der Waals surface area contributed by atoms with Gasteiger partial charge in [0.2, 0.25) is 0 Å². The molecule has 0 spiro atoms. The van der Waals surface area contributed by atoms with Gasteiger partial charge in [-0.1, -0.05) is 19.3 Å². The van der Waals surface area contributed by atoms with Crippen molar-refractivity contribution in [3.8, 4) is 0 Å². The number of hydrogen-bond acceptors (Lipinski definition) is 3. The zero-order chi connectivity index (χ0) is 10.2. The van der Waals surface area contributed by atoms with Crippen molar-refractivity contribution in [2.24, 2.45) is 0 Å². The van der Waals surface area contributed by atoms with Gasteiger partial charge in [-0.05, 0) is 25.7 Å². The minimum Gasteiger partial charge on any atom is -0.396 e. The average Bonchev–Trinajstić information content (AvgIpc) is 2.20. The van der Waals surface area contributed by atoms with E-state index in [4.69, 9.17) is 10.2 Å². The van der Waals surface area contributed by atoms with Gasteiger partial charge in [-0.15, -0.1) is 0 Å². The number of nitrogens with one attached hydrogen (secondary N) is 1. The number of aliphatic hydroxyl groups excluding tert-OH is 2. The highest BCUT2D eigenvalue weighted by molar-refractivity contribution is 4.77. The highest BCUT2D eigenvalue weighted by Gasteiger charge is 2.16. The quantitative estimate of drug-likeness (QED) is 0.602. The molecule has 3 N–H and O–H groups in total. The first kappa shape index (κ1) is 12.0. The first-order valence-corrected chi connectivity index (χ1v) is 5.84. The fraction of sp³-hybridized carbons (Fsp3) is 1.00. The monoisotopic (exact) mass is 201 g/mol. The maximum atomic E-state index is 8.87. The van der Waals surface area contributed by atoms with Crippen molar-refractivity contribution in [2.45, 2.75) is 57.0 Å². The van der Waals surface area contributed by atoms with Gasteiger partial charge in [0, 0.05) is 25.3 Å². The molecule has 0 aromatic rings. The van der Waals surface area contributed by atoms with E-state index in [0.29, 0.717) is 12.1 Å². The molecule has 1 aliphatic rings. The molecule has 1 aliphatic carbocycles. The Morgan fingerprint density at radius 2 is 1.57 bits per heavy atom. The minimum atomic E-state index is 0.213. The topological polar surface area (TPSA) is 52.5 Å². The Labute approximate surface area is 86.5 Å². The normalized spacial score (nSPS) is 19.1. The van der Waals surface area contributed by atoms with E-state index in [1.165, 1.54) is 32.1 Å². The third-order valence-corrected chi connectivity index (χ3v) is 3.03. The first-order valence-electron chi connectivity index (χ1n) is 5.84. The summed E-state index contributed by atoms with van der Waals surface area (Å²) in [6.07, 6.45) is 8.04. The lowest BCUT2D eigenvalue weighted by Crippen LogP contribution is -2.40. The standard InChI is InChI=1S/C11H23NO2/c13-8-6-11(7-9-14)12-10-4-2-1-3-5-10/h10-14H,1-9H2. The van der Waals surface area contributed by atoms with Gasteiger partial charge in [0.15, 0.2) is 0 Å². The first-order chi connectivity index (χ1) is 6.86. The van der Waals surface area contributed by atoms with Crippen molar-refractivity contribution < 1.29 is 10.2 Å².